The average molecular weight is 289 g/mol. The molecule has 2 N–H and O–H groups in total. The third-order valence-electron chi connectivity index (χ3n) is 2.91. The second-order valence-corrected chi connectivity index (χ2v) is 5.07. The van der Waals surface area contributed by atoms with Gasteiger partial charge in [-0.25, -0.2) is 4.39 Å². The molecule has 1 atom stereocenters. The van der Waals surface area contributed by atoms with Crippen molar-refractivity contribution in [2.24, 2.45) is 5.73 Å². The summed E-state index contributed by atoms with van der Waals surface area (Å²) in [6.07, 6.45) is 0.610. The lowest BCUT2D eigenvalue weighted by Crippen LogP contribution is -2.17. The summed E-state index contributed by atoms with van der Waals surface area (Å²) >= 11 is 0. The quantitative estimate of drug-likeness (QED) is 0.628. The van der Waals surface area contributed by atoms with E-state index in [1.165, 1.54) is 12.1 Å². The summed E-state index contributed by atoms with van der Waals surface area (Å²) in [5.74, 6) is 0.130. The van der Waals surface area contributed by atoms with Gasteiger partial charge in [0.1, 0.15) is 11.6 Å². The Morgan fingerprint density at radius 1 is 1.10 bits per heavy atom. The SMILES string of the molecule is CC(N)Cc1cc(F)cc(OCOCc2ccccc2)c1. The summed E-state index contributed by atoms with van der Waals surface area (Å²) in [5.41, 5.74) is 7.61. The van der Waals surface area contributed by atoms with Crippen molar-refractivity contribution in [1.82, 2.24) is 0 Å². The Balaban J connectivity index is 1.84. The maximum absolute atomic E-state index is 13.5. The van der Waals surface area contributed by atoms with Gasteiger partial charge in [-0.3, -0.25) is 0 Å². The first kappa shape index (κ1) is 15.5. The fourth-order valence-corrected chi connectivity index (χ4v) is 2.04. The van der Waals surface area contributed by atoms with Crippen LogP contribution in [0.2, 0.25) is 0 Å². The first-order valence-electron chi connectivity index (χ1n) is 6.93. The molecule has 0 radical (unpaired) electrons. The molecule has 0 aliphatic heterocycles. The van der Waals surface area contributed by atoms with Gasteiger partial charge in [0, 0.05) is 12.1 Å². The molecule has 4 heteroatoms. The minimum atomic E-state index is -0.328. The van der Waals surface area contributed by atoms with E-state index >= 15 is 0 Å². The predicted octanol–water partition coefficient (Wildman–Crippen LogP) is 3.27. The molecule has 0 bridgehead atoms. The van der Waals surface area contributed by atoms with Crippen LogP contribution in [0.3, 0.4) is 0 Å². The average Bonchev–Trinajstić information content (AvgIpc) is 2.43. The van der Waals surface area contributed by atoms with Crippen molar-refractivity contribution in [3.05, 3.63) is 65.5 Å². The highest BCUT2D eigenvalue weighted by Crippen LogP contribution is 2.17. The fraction of sp³-hybridized carbons (Fsp3) is 0.294. The molecule has 1 unspecified atom stereocenters. The van der Waals surface area contributed by atoms with Gasteiger partial charge in [0.2, 0.25) is 0 Å². The van der Waals surface area contributed by atoms with Crippen molar-refractivity contribution in [2.75, 3.05) is 6.79 Å². The predicted molar refractivity (Wildman–Crippen MR) is 80.5 cm³/mol. The molecule has 0 spiro atoms. The van der Waals surface area contributed by atoms with E-state index in [-0.39, 0.29) is 18.7 Å². The van der Waals surface area contributed by atoms with Gasteiger partial charge < -0.3 is 15.2 Å². The topological polar surface area (TPSA) is 44.5 Å². The fourth-order valence-electron chi connectivity index (χ4n) is 2.04. The molecule has 0 saturated carbocycles. The van der Waals surface area contributed by atoms with Gasteiger partial charge in [-0.05, 0) is 36.6 Å². The Hall–Kier alpha value is -1.91. The summed E-state index contributed by atoms with van der Waals surface area (Å²) in [7, 11) is 0. The van der Waals surface area contributed by atoms with Crippen LogP contribution in [0.15, 0.2) is 48.5 Å². The normalized spacial score (nSPS) is 12.1. The van der Waals surface area contributed by atoms with E-state index in [1.54, 1.807) is 6.07 Å². The largest absolute Gasteiger partial charge is 0.467 e. The zero-order chi connectivity index (χ0) is 15.1. The Kier molecular flexibility index (Phi) is 5.72. The van der Waals surface area contributed by atoms with Gasteiger partial charge in [0.05, 0.1) is 6.61 Å². The van der Waals surface area contributed by atoms with E-state index in [2.05, 4.69) is 0 Å². The van der Waals surface area contributed by atoms with Crippen LogP contribution in [-0.4, -0.2) is 12.8 Å². The second-order valence-electron chi connectivity index (χ2n) is 5.07. The van der Waals surface area contributed by atoms with Gasteiger partial charge >= 0.3 is 0 Å². The van der Waals surface area contributed by atoms with Crippen molar-refractivity contribution in [2.45, 2.75) is 26.0 Å². The van der Waals surface area contributed by atoms with Gasteiger partial charge in [-0.2, -0.15) is 0 Å². The maximum atomic E-state index is 13.5. The molecule has 0 aromatic heterocycles. The lowest BCUT2D eigenvalue weighted by molar-refractivity contribution is 0.00486. The molecular weight excluding hydrogens is 269 g/mol. The first-order valence-corrected chi connectivity index (χ1v) is 6.93. The van der Waals surface area contributed by atoms with E-state index in [1.807, 2.05) is 37.3 Å². The zero-order valence-electron chi connectivity index (χ0n) is 12.1. The highest BCUT2D eigenvalue weighted by Gasteiger charge is 2.04. The van der Waals surface area contributed by atoms with Gasteiger partial charge in [-0.15, -0.1) is 0 Å². The zero-order valence-corrected chi connectivity index (χ0v) is 12.1. The van der Waals surface area contributed by atoms with Crippen molar-refractivity contribution in [1.29, 1.82) is 0 Å². The Morgan fingerprint density at radius 3 is 2.57 bits per heavy atom. The summed E-state index contributed by atoms with van der Waals surface area (Å²) in [6.45, 7) is 2.42. The molecule has 2 aromatic carbocycles. The van der Waals surface area contributed by atoms with Crippen molar-refractivity contribution >= 4 is 0 Å². The van der Waals surface area contributed by atoms with E-state index in [0.717, 1.165) is 11.1 Å². The Labute approximate surface area is 124 Å². The highest BCUT2D eigenvalue weighted by atomic mass is 19.1. The molecule has 3 nitrogen and oxygen atoms in total. The van der Waals surface area contributed by atoms with Gasteiger partial charge in [-0.1, -0.05) is 30.3 Å². The lowest BCUT2D eigenvalue weighted by atomic mass is 10.1. The Morgan fingerprint density at radius 2 is 1.86 bits per heavy atom. The van der Waals surface area contributed by atoms with Crippen LogP contribution in [0, 0.1) is 5.82 Å². The van der Waals surface area contributed by atoms with Crippen LogP contribution in [0.4, 0.5) is 4.39 Å². The molecule has 0 fully saturated rings. The number of benzene rings is 2. The standard InChI is InChI=1S/C17H20FNO2/c1-13(19)7-15-8-16(18)10-17(9-15)21-12-20-11-14-5-3-2-4-6-14/h2-6,8-10,13H,7,11-12,19H2,1H3. The molecule has 112 valence electrons. The third-order valence-corrected chi connectivity index (χ3v) is 2.91. The summed E-state index contributed by atoms with van der Waals surface area (Å²) in [4.78, 5) is 0. The number of halogens is 1. The number of nitrogens with two attached hydrogens (primary N) is 1. The molecule has 21 heavy (non-hydrogen) atoms. The van der Waals surface area contributed by atoms with Crippen LogP contribution >= 0.6 is 0 Å². The number of rotatable bonds is 7. The number of ether oxygens (including phenoxy) is 2. The van der Waals surface area contributed by atoms with E-state index in [0.29, 0.717) is 18.8 Å². The van der Waals surface area contributed by atoms with Crippen LogP contribution in [0.5, 0.6) is 5.75 Å². The van der Waals surface area contributed by atoms with Crippen LogP contribution in [0.1, 0.15) is 18.1 Å². The van der Waals surface area contributed by atoms with E-state index < -0.39 is 0 Å². The van der Waals surface area contributed by atoms with Crippen molar-refractivity contribution < 1.29 is 13.9 Å². The highest BCUT2D eigenvalue weighted by molar-refractivity contribution is 5.30. The van der Waals surface area contributed by atoms with Crippen LogP contribution < -0.4 is 10.5 Å². The van der Waals surface area contributed by atoms with Crippen LogP contribution in [0.25, 0.3) is 0 Å². The van der Waals surface area contributed by atoms with Crippen molar-refractivity contribution in [3.63, 3.8) is 0 Å². The molecule has 0 heterocycles. The molecule has 0 amide bonds. The van der Waals surface area contributed by atoms with Gasteiger partial charge in [0.15, 0.2) is 6.79 Å². The maximum Gasteiger partial charge on any atom is 0.189 e. The summed E-state index contributed by atoms with van der Waals surface area (Å²) in [5, 5.41) is 0. The Bertz CT molecular complexity index is 558. The van der Waals surface area contributed by atoms with E-state index in [4.69, 9.17) is 15.2 Å². The molecule has 0 saturated heterocycles. The molecule has 2 rings (SSSR count). The number of hydrogen-bond acceptors (Lipinski definition) is 3. The first-order chi connectivity index (χ1) is 10.1. The molecule has 0 aliphatic rings. The minimum Gasteiger partial charge on any atom is -0.467 e. The number of hydrogen-bond donors (Lipinski definition) is 1. The van der Waals surface area contributed by atoms with Crippen LogP contribution in [-0.2, 0) is 17.8 Å². The smallest absolute Gasteiger partial charge is 0.189 e. The monoisotopic (exact) mass is 289 g/mol. The van der Waals surface area contributed by atoms with Gasteiger partial charge in [0.25, 0.3) is 0 Å². The third kappa shape index (κ3) is 5.53. The second kappa shape index (κ2) is 7.76. The molecule has 2 aromatic rings. The molecular formula is C17H20FNO2. The van der Waals surface area contributed by atoms with E-state index in [9.17, 15) is 4.39 Å². The summed E-state index contributed by atoms with van der Waals surface area (Å²) < 4.78 is 24.3. The van der Waals surface area contributed by atoms with Crippen molar-refractivity contribution in [3.8, 4) is 5.75 Å². The lowest BCUT2D eigenvalue weighted by Gasteiger charge is -2.10. The summed E-state index contributed by atoms with van der Waals surface area (Å²) in [6, 6.07) is 14.4. The molecule has 0 aliphatic carbocycles. The minimum absolute atomic E-state index is 0.0195.